The highest BCUT2D eigenvalue weighted by molar-refractivity contribution is 6.70. The molecule has 0 saturated carbocycles. The Bertz CT molecular complexity index is 282. The average molecular weight is 288 g/mol. The molecule has 0 aliphatic carbocycles. The van der Waals surface area contributed by atoms with Gasteiger partial charge in [0.25, 0.3) is 5.95 Å². The molecule has 112 valence electrons. The fraction of sp³-hybridized carbons (Fsp3) is 0.786. The smallest absolute Gasteiger partial charge is 0.337 e. The van der Waals surface area contributed by atoms with Crippen LogP contribution in [0.5, 0.6) is 0 Å². The van der Waals surface area contributed by atoms with E-state index in [0.29, 0.717) is 19.2 Å². The zero-order chi connectivity index (χ0) is 14.7. The van der Waals surface area contributed by atoms with Crippen LogP contribution in [0.25, 0.3) is 0 Å². The summed E-state index contributed by atoms with van der Waals surface area (Å²) >= 11 is 0. The molecule has 19 heavy (non-hydrogen) atoms. The van der Waals surface area contributed by atoms with Gasteiger partial charge in [-0.05, 0) is 32.5 Å². The Kier molecular flexibility index (Phi) is 9.39. The summed E-state index contributed by atoms with van der Waals surface area (Å²) in [7, 11) is -1.79. The zero-order valence-electron chi connectivity index (χ0n) is 13.0. The van der Waals surface area contributed by atoms with Crippen molar-refractivity contribution in [3.63, 3.8) is 0 Å². The maximum atomic E-state index is 11.6. The van der Waals surface area contributed by atoms with E-state index in [1.807, 2.05) is 19.6 Å². The number of esters is 1. The SMILES string of the molecule is CCCCOC(=O)/C=C(/OCCCC)O[Si](C)(C)C. The van der Waals surface area contributed by atoms with E-state index in [1.54, 1.807) is 0 Å². The number of carbonyl (C=O) groups is 1. The molecule has 0 bridgehead atoms. The van der Waals surface area contributed by atoms with Crippen molar-refractivity contribution in [2.24, 2.45) is 0 Å². The Morgan fingerprint density at radius 3 is 2.00 bits per heavy atom. The molecule has 0 aliphatic heterocycles. The fourth-order valence-electron chi connectivity index (χ4n) is 1.17. The van der Waals surface area contributed by atoms with Crippen molar-refractivity contribution < 1.29 is 18.7 Å². The lowest BCUT2D eigenvalue weighted by atomic mass is 10.4. The van der Waals surface area contributed by atoms with Crippen molar-refractivity contribution in [3.05, 3.63) is 12.0 Å². The highest BCUT2D eigenvalue weighted by atomic mass is 28.4. The standard InChI is InChI=1S/C14H28O4Si/c1-6-8-10-16-13(15)12-14(17-11-9-7-2)18-19(3,4)5/h12H,6-11H2,1-5H3/b14-12-. The molecule has 0 atom stereocenters. The van der Waals surface area contributed by atoms with Gasteiger partial charge in [-0.3, -0.25) is 0 Å². The van der Waals surface area contributed by atoms with Crippen molar-refractivity contribution in [2.45, 2.75) is 59.2 Å². The first kappa shape index (κ1) is 18.0. The summed E-state index contributed by atoms with van der Waals surface area (Å²) < 4.78 is 16.3. The number of rotatable bonds is 10. The number of unbranched alkanes of at least 4 members (excludes halogenated alkanes) is 2. The Labute approximate surface area is 118 Å². The van der Waals surface area contributed by atoms with E-state index < -0.39 is 14.3 Å². The third-order valence-corrected chi connectivity index (χ3v) is 2.94. The van der Waals surface area contributed by atoms with Crippen LogP contribution in [-0.4, -0.2) is 27.5 Å². The number of hydrogen-bond acceptors (Lipinski definition) is 4. The average Bonchev–Trinajstić information content (AvgIpc) is 2.27. The van der Waals surface area contributed by atoms with Gasteiger partial charge in [0.15, 0.2) is 0 Å². The summed E-state index contributed by atoms with van der Waals surface area (Å²) in [5.74, 6) is -0.0905. The van der Waals surface area contributed by atoms with Gasteiger partial charge in [-0.25, -0.2) is 4.79 Å². The second kappa shape index (κ2) is 9.89. The third kappa shape index (κ3) is 11.8. The molecule has 0 fully saturated rings. The summed E-state index contributed by atoms with van der Waals surface area (Å²) in [4.78, 5) is 11.6. The lowest BCUT2D eigenvalue weighted by molar-refractivity contribution is -0.138. The summed E-state index contributed by atoms with van der Waals surface area (Å²) in [6, 6.07) is 0. The van der Waals surface area contributed by atoms with Crippen LogP contribution in [0.3, 0.4) is 0 Å². The molecule has 0 heterocycles. The van der Waals surface area contributed by atoms with Crippen molar-refractivity contribution in [1.82, 2.24) is 0 Å². The van der Waals surface area contributed by atoms with Gasteiger partial charge in [0.05, 0.1) is 13.2 Å². The van der Waals surface area contributed by atoms with Crippen LogP contribution in [0, 0.1) is 0 Å². The minimum Gasteiger partial charge on any atom is -0.520 e. The van der Waals surface area contributed by atoms with Gasteiger partial charge in [-0.2, -0.15) is 0 Å². The van der Waals surface area contributed by atoms with Crippen LogP contribution < -0.4 is 0 Å². The van der Waals surface area contributed by atoms with Gasteiger partial charge in [0.2, 0.25) is 8.32 Å². The van der Waals surface area contributed by atoms with Crippen molar-refractivity contribution in [1.29, 1.82) is 0 Å². The van der Waals surface area contributed by atoms with Gasteiger partial charge >= 0.3 is 5.97 Å². The van der Waals surface area contributed by atoms with Crippen molar-refractivity contribution >= 4 is 14.3 Å². The molecule has 0 saturated heterocycles. The number of hydrogen-bond donors (Lipinski definition) is 0. The van der Waals surface area contributed by atoms with E-state index in [0.717, 1.165) is 25.7 Å². The predicted molar refractivity (Wildman–Crippen MR) is 79.2 cm³/mol. The highest BCUT2D eigenvalue weighted by Crippen LogP contribution is 2.12. The van der Waals surface area contributed by atoms with Gasteiger partial charge in [-0.1, -0.05) is 26.7 Å². The van der Waals surface area contributed by atoms with E-state index in [2.05, 4.69) is 13.8 Å². The summed E-state index contributed by atoms with van der Waals surface area (Å²) in [6.45, 7) is 11.3. The molecule has 0 amide bonds. The van der Waals surface area contributed by atoms with Gasteiger partial charge in [0, 0.05) is 0 Å². The molecule has 0 aliphatic rings. The topological polar surface area (TPSA) is 44.8 Å². The van der Waals surface area contributed by atoms with Crippen molar-refractivity contribution in [2.75, 3.05) is 13.2 Å². The maximum absolute atomic E-state index is 11.6. The van der Waals surface area contributed by atoms with Crippen LogP contribution >= 0.6 is 0 Å². The first-order valence-electron chi connectivity index (χ1n) is 7.09. The van der Waals surface area contributed by atoms with E-state index in [9.17, 15) is 4.79 Å². The van der Waals surface area contributed by atoms with E-state index in [1.165, 1.54) is 6.08 Å². The molecule has 0 aromatic heterocycles. The second-order valence-electron chi connectivity index (χ2n) is 5.40. The van der Waals surface area contributed by atoms with Crippen LogP contribution in [0.1, 0.15) is 39.5 Å². The van der Waals surface area contributed by atoms with Crippen LogP contribution in [-0.2, 0) is 18.7 Å². The largest absolute Gasteiger partial charge is 0.520 e. The molecule has 0 N–H and O–H groups in total. The molecule has 5 heteroatoms. The Morgan fingerprint density at radius 2 is 1.53 bits per heavy atom. The zero-order valence-corrected chi connectivity index (χ0v) is 14.0. The summed E-state index contributed by atoms with van der Waals surface area (Å²) in [6.07, 6.45) is 5.19. The molecular formula is C14H28O4Si. The summed E-state index contributed by atoms with van der Waals surface area (Å²) in [5.41, 5.74) is 0. The van der Waals surface area contributed by atoms with Crippen LogP contribution in [0.15, 0.2) is 12.0 Å². The second-order valence-corrected chi connectivity index (χ2v) is 9.83. The lowest BCUT2D eigenvalue weighted by Gasteiger charge is -2.21. The molecule has 0 unspecified atom stereocenters. The molecule has 0 radical (unpaired) electrons. The van der Waals surface area contributed by atoms with Gasteiger partial charge < -0.3 is 13.9 Å². The maximum Gasteiger partial charge on any atom is 0.337 e. The quantitative estimate of drug-likeness (QED) is 0.201. The van der Waals surface area contributed by atoms with Crippen molar-refractivity contribution in [3.8, 4) is 0 Å². The molecule has 0 aromatic carbocycles. The Morgan fingerprint density at radius 1 is 1.00 bits per heavy atom. The molecule has 0 rings (SSSR count). The van der Waals surface area contributed by atoms with Crippen LogP contribution in [0.2, 0.25) is 19.6 Å². The lowest BCUT2D eigenvalue weighted by Crippen LogP contribution is -2.26. The van der Waals surface area contributed by atoms with Crippen LogP contribution in [0.4, 0.5) is 0 Å². The molecule has 4 nitrogen and oxygen atoms in total. The first-order chi connectivity index (χ1) is 8.89. The molecular weight excluding hydrogens is 260 g/mol. The number of ether oxygens (including phenoxy) is 2. The third-order valence-electron chi connectivity index (χ3n) is 2.13. The monoisotopic (exact) mass is 288 g/mol. The molecule has 0 aromatic rings. The Hall–Kier alpha value is -0.973. The fourth-order valence-corrected chi connectivity index (χ4v) is 1.90. The van der Waals surface area contributed by atoms with E-state index in [-0.39, 0.29) is 0 Å². The highest BCUT2D eigenvalue weighted by Gasteiger charge is 2.19. The van der Waals surface area contributed by atoms with E-state index >= 15 is 0 Å². The summed E-state index contributed by atoms with van der Waals surface area (Å²) in [5, 5.41) is 0. The minimum absolute atomic E-state index is 0.300. The number of carbonyl (C=O) groups excluding carboxylic acids is 1. The Balaban J connectivity index is 4.39. The van der Waals surface area contributed by atoms with Gasteiger partial charge in [0.1, 0.15) is 6.08 Å². The minimum atomic E-state index is -1.79. The normalized spacial score (nSPS) is 12.2. The molecule has 0 spiro atoms. The van der Waals surface area contributed by atoms with Gasteiger partial charge in [-0.15, -0.1) is 0 Å². The predicted octanol–water partition coefficient (Wildman–Crippen LogP) is 3.84. The van der Waals surface area contributed by atoms with E-state index in [4.69, 9.17) is 13.9 Å². The first-order valence-corrected chi connectivity index (χ1v) is 10.5.